The zero-order chi connectivity index (χ0) is 15.4. The maximum absolute atomic E-state index is 11.3. The Balaban J connectivity index is 5.26. The van der Waals surface area contributed by atoms with Crippen molar-refractivity contribution in [1.82, 2.24) is 5.32 Å². The fraction of sp³-hybridized carbons (Fsp3) is 0.750. The van der Waals surface area contributed by atoms with Gasteiger partial charge in [0.1, 0.15) is 24.4 Å². The summed E-state index contributed by atoms with van der Waals surface area (Å²) in [7, 11) is -5.23. The van der Waals surface area contributed by atoms with Crippen LogP contribution in [0.4, 0.5) is 0 Å². The van der Waals surface area contributed by atoms with Crippen LogP contribution < -0.4 is 5.32 Å². The Labute approximate surface area is 108 Å². The van der Waals surface area contributed by atoms with Gasteiger partial charge < -0.3 is 25.7 Å². The average Bonchev–Trinajstić information content (AvgIpc) is 2.30. The van der Waals surface area contributed by atoms with E-state index in [0.717, 1.165) is 6.92 Å². The standard InChI is InChI=1S/C8H15NO9S/c1-3(11)9-5(8(15)19(16,17)18)7(14)6(13)4(12)2-10/h4-7,10,12-14H,2H2,1H3,(H,9,11)(H,16,17,18)/t4-,5-,6+,7-/m1/s1. The van der Waals surface area contributed by atoms with Crippen LogP contribution in [-0.4, -0.2) is 75.4 Å². The van der Waals surface area contributed by atoms with Gasteiger partial charge in [0.25, 0.3) is 5.12 Å². The van der Waals surface area contributed by atoms with Gasteiger partial charge in [0.2, 0.25) is 5.91 Å². The highest BCUT2D eigenvalue weighted by atomic mass is 32.2. The molecule has 0 aromatic heterocycles. The van der Waals surface area contributed by atoms with Crippen molar-refractivity contribution in [2.24, 2.45) is 0 Å². The zero-order valence-corrected chi connectivity index (χ0v) is 10.6. The Bertz CT molecular complexity index is 434. The Morgan fingerprint density at radius 1 is 1.16 bits per heavy atom. The minimum atomic E-state index is -5.23. The van der Waals surface area contributed by atoms with Gasteiger partial charge in [-0.15, -0.1) is 0 Å². The fourth-order valence-electron chi connectivity index (χ4n) is 1.20. The fourth-order valence-corrected chi connectivity index (χ4v) is 1.72. The number of hydrogen-bond acceptors (Lipinski definition) is 8. The largest absolute Gasteiger partial charge is 0.394 e. The van der Waals surface area contributed by atoms with Crippen LogP contribution in [0.1, 0.15) is 6.92 Å². The second-order valence-electron chi connectivity index (χ2n) is 3.70. The highest BCUT2D eigenvalue weighted by Gasteiger charge is 2.40. The molecule has 0 aliphatic carbocycles. The van der Waals surface area contributed by atoms with Gasteiger partial charge in [0.15, 0.2) is 0 Å². The summed E-state index contributed by atoms with van der Waals surface area (Å²) in [5, 5.41) is 36.3. The molecule has 0 saturated heterocycles. The molecule has 10 nitrogen and oxygen atoms in total. The van der Waals surface area contributed by atoms with Crippen molar-refractivity contribution in [2.45, 2.75) is 31.3 Å². The van der Waals surface area contributed by atoms with Crippen molar-refractivity contribution in [3.8, 4) is 0 Å². The van der Waals surface area contributed by atoms with Crippen molar-refractivity contribution >= 4 is 21.1 Å². The number of aliphatic hydroxyl groups is 4. The van der Waals surface area contributed by atoms with Crippen LogP contribution in [0.5, 0.6) is 0 Å². The molecule has 112 valence electrons. The van der Waals surface area contributed by atoms with Crippen LogP contribution >= 0.6 is 0 Å². The molecule has 4 atom stereocenters. The normalized spacial score (nSPS) is 18.2. The first-order valence-electron chi connectivity index (χ1n) is 4.95. The molecule has 0 fully saturated rings. The van der Waals surface area contributed by atoms with E-state index in [-0.39, 0.29) is 0 Å². The molecule has 0 saturated carbocycles. The third-order valence-electron chi connectivity index (χ3n) is 2.14. The molecule has 0 spiro atoms. The van der Waals surface area contributed by atoms with E-state index in [4.69, 9.17) is 14.8 Å². The molecule has 0 rings (SSSR count). The van der Waals surface area contributed by atoms with Gasteiger partial charge in [0.05, 0.1) is 6.61 Å². The molecule has 19 heavy (non-hydrogen) atoms. The lowest BCUT2D eigenvalue weighted by Gasteiger charge is -2.27. The maximum Gasteiger partial charge on any atom is 0.331 e. The van der Waals surface area contributed by atoms with E-state index in [1.54, 1.807) is 5.32 Å². The lowest BCUT2D eigenvalue weighted by atomic mass is 10.0. The van der Waals surface area contributed by atoms with E-state index < -0.39 is 52.1 Å². The van der Waals surface area contributed by atoms with E-state index in [9.17, 15) is 28.2 Å². The molecular formula is C8H15NO9S. The van der Waals surface area contributed by atoms with E-state index in [1.807, 2.05) is 0 Å². The minimum absolute atomic E-state index is 0.895. The van der Waals surface area contributed by atoms with Crippen LogP contribution in [0.3, 0.4) is 0 Å². The Hall–Kier alpha value is -1.11. The summed E-state index contributed by atoms with van der Waals surface area (Å²) in [6.45, 7) is -0.0864. The number of carbonyl (C=O) groups is 2. The summed E-state index contributed by atoms with van der Waals surface area (Å²) in [6, 6.07) is -2.19. The molecule has 0 bridgehead atoms. The SMILES string of the molecule is CC(=O)N[C@@H](C(=O)S(=O)(=O)O)[C@@H](O)[C@@H](O)[C@H](O)CO. The summed E-state index contributed by atoms with van der Waals surface area (Å²) >= 11 is 0. The predicted molar refractivity (Wildman–Crippen MR) is 59.3 cm³/mol. The lowest BCUT2D eigenvalue weighted by Crippen LogP contribution is -2.57. The van der Waals surface area contributed by atoms with Gasteiger partial charge in [-0.05, 0) is 0 Å². The number of nitrogens with one attached hydrogen (secondary N) is 1. The van der Waals surface area contributed by atoms with Crippen LogP contribution in [0.25, 0.3) is 0 Å². The van der Waals surface area contributed by atoms with E-state index in [1.165, 1.54) is 0 Å². The first kappa shape index (κ1) is 17.9. The molecular weight excluding hydrogens is 286 g/mol. The summed E-state index contributed by atoms with van der Waals surface area (Å²) in [6.07, 6.45) is -6.24. The quantitative estimate of drug-likeness (QED) is 0.266. The van der Waals surface area contributed by atoms with Gasteiger partial charge in [0, 0.05) is 6.92 Å². The molecule has 0 aromatic rings. The number of carbonyl (C=O) groups excluding carboxylic acids is 2. The van der Waals surface area contributed by atoms with Gasteiger partial charge in [-0.25, -0.2) is 0 Å². The van der Waals surface area contributed by atoms with Crippen molar-refractivity contribution in [3.05, 3.63) is 0 Å². The van der Waals surface area contributed by atoms with Gasteiger partial charge in [-0.1, -0.05) is 0 Å². The second kappa shape index (κ2) is 6.88. The zero-order valence-electron chi connectivity index (χ0n) is 9.79. The van der Waals surface area contributed by atoms with E-state index in [2.05, 4.69) is 0 Å². The van der Waals surface area contributed by atoms with Gasteiger partial charge >= 0.3 is 10.1 Å². The van der Waals surface area contributed by atoms with Crippen molar-refractivity contribution in [2.75, 3.05) is 6.61 Å². The lowest BCUT2D eigenvalue weighted by molar-refractivity contribution is -0.132. The Kier molecular flexibility index (Phi) is 6.48. The smallest absolute Gasteiger partial charge is 0.331 e. The van der Waals surface area contributed by atoms with Gasteiger partial charge in [-0.3, -0.25) is 14.1 Å². The maximum atomic E-state index is 11.3. The molecule has 0 unspecified atom stereocenters. The summed E-state index contributed by atoms with van der Waals surface area (Å²) < 4.78 is 29.9. The highest BCUT2D eigenvalue weighted by Crippen LogP contribution is 2.08. The van der Waals surface area contributed by atoms with Crippen LogP contribution in [0.2, 0.25) is 0 Å². The monoisotopic (exact) mass is 301 g/mol. The topological polar surface area (TPSA) is 181 Å². The molecule has 0 aromatic carbocycles. The number of hydrogen-bond donors (Lipinski definition) is 6. The average molecular weight is 301 g/mol. The third kappa shape index (κ3) is 5.18. The molecule has 1 amide bonds. The molecule has 0 heterocycles. The Morgan fingerprint density at radius 3 is 1.95 bits per heavy atom. The molecule has 11 heteroatoms. The van der Waals surface area contributed by atoms with Crippen LogP contribution in [0, 0.1) is 0 Å². The molecule has 0 aliphatic rings. The molecule has 0 radical (unpaired) electrons. The van der Waals surface area contributed by atoms with Crippen LogP contribution in [-0.2, 0) is 19.7 Å². The number of rotatable bonds is 6. The molecule has 0 aliphatic heterocycles. The van der Waals surface area contributed by atoms with Gasteiger partial charge in [-0.2, -0.15) is 8.42 Å². The number of aliphatic hydroxyl groups excluding tert-OH is 4. The summed E-state index contributed by atoms with van der Waals surface area (Å²) in [4.78, 5) is 22.1. The second-order valence-corrected chi connectivity index (χ2v) is 5.06. The Morgan fingerprint density at radius 2 is 1.63 bits per heavy atom. The van der Waals surface area contributed by atoms with Crippen molar-refractivity contribution in [3.63, 3.8) is 0 Å². The summed E-state index contributed by atoms with van der Waals surface area (Å²) in [5.41, 5.74) is 0. The summed E-state index contributed by atoms with van der Waals surface area (Å²) in [5.74, 6) is -0.924. The first-order chi connectivity index (χ1) is 8.52. The van der Waals surface area contributed by atoms with Crippen molar-refractivity contribution < 1.29 is 43.0 Å². The van der Waals surface area contributed by atoms with Crippen molar-refractivity contribution in [1.29, 1.82) is 0 Å². The van der Waals surface area contributed by atoms with Crippen LogP contribution in [0.15, 0.2) is 0 Å². The number of amides is 1. The molecule has 6 N–H and O–H groups in total. The minimum Gasteiger partial charge on any atom is -0.394 e. The van der Waals surface area contributed by atoms with E-state index >= 15 is 0 Å². The first-order valence-corrected chi connectivity index (χ1v) is 6.39. The predicted octanol–water partition coefficient (Wildman–Crippen LogP) is -4.02. The van der Waals surface area contributed by atoms with E-state index in [0.29, 0.717) is 0 Å². The highest BCUT2D eigenvalue weighted by molar-refractivity contribution is 8.01. The third-order valence-corrected chi connectivity index (χ3v) is 2.90.